The SMILES string of the molecule is C[C@@H]1CCc2c(sc3ncnc(SCC(=O)N(C)CCC#N)c23)C1. The zero-order valence-electron chi connectivity index (χ0n) is 13.9. The molecule has 0 bridgehead atoms. The minimum Gasteiger partial charge on any atom is -0.344 e. The molecule has 2 aromatic heterocycles. The van der Waals surface area contributed by atoms with Crippen LogP contribution in [-0.2, 0) is 17.6 Å². The fourth-order valence-electron chi connectivity index (χ4n) is 2.94. The maximum Gasteiger partial charge on any atom is 0.232 e. The molecule has 1 aliphatic rings. The van der Waals surface area contributed by atoms with Crippen molar-refractivity contribution in [3.63, 3.8) is 0 Å². The van der Waals surface area contributed by atoms with Crippen molar-refractivity contribution in [1.82, 2.24) is 14.9 Å². The van der Waals surface area contributed by atoms with E-state index in [0.29, 0.717) is 18.7 Å². The van der Waals surface area contributed by atoms with Gasteiger partial charge in [-0.05, 0) is 30.7 Å². The third-order valence-corrected chi connectivity index (χ3v) is 6.51. The van der Waals surface area contributed by atoms with Gasteiger partial charge in [-0.1, -0.05) is 18.7 Å². The van der Waals surface area contributed by atoms with E-state index in [-0.39, 0.29) is 5.91 Å². The highest BCUT2D eigenvalue weighted by Crippen LogP contribution is 2.40. The molecular weight excluding hydrogens is 340 g/mol. The minimum atomic E-state index is 0.0275. The standard InChI is InChI=1S/C17H20N4OS2/c1-11-4-5-12-13(8-11)24-17-15(12)16(19-10-20-17)23-9-14(22)21(2)7-3-6-18/h10-11H,3-5,7-9H2,1-2H3/t11-/m1/s1. The van der Waals surface area contributed by atoms with Gasteiger partial charge in [-0.25, -0.2) is 9.97 Å². The van der Waals surface area contributed by atoms with Crippen LogP contribution in [0.3, 0.4) is 0 Å². The summed E-state index contributed by atoms with van der Waals surface area (Å²) in [5.74, 6) is 1.10. The van der Waals surface area contributed by atoms with Gasteiger partial charge < -0.3 is 4.90 Å². The molecule has 0 unspecified atom stereocenters. The average molecular weight is 361 g/mol. The molecule has 0 fully saturated rings. The van der Waals surface area contributed by atoms with E-state index in [2.05, 4.69) is 23.0 Å². The van der Waals surface area contributed by atoms with E-state index in [1.807, 2.05) is 0 Å². The molecule has 2 heterocycles. The second kappa shape index (κ2) is 7.49. The first-order chi connectivity index (χ1) is 11.6. The van der Waals surface area contributed by atoms with Gasteiger partial charge in [0.15, 0.2) is 0 Å². The zero-order chi connectivity index (χ0) is 17.1. The summed E-state index contributed by atoms with van der Waals surface area (Å²) in [5.41, 5.74) is 1.39. The van der Waals surface area contributed by atoms with Crippen LogP contribution in [0.15, 0.2) is 11.4 Å². The van der Waals surface area contributed by atoms with Crippen molar-refractivity contribution in [2.45, 2.75) is 37.6 Å². The lowest BCUT2D eigenvalue weighted by atomic mass is 9.89. The maximum atomic E-state index is 12.2. The number of thioether (sulfide) groups is 1. The first-order valence-electron chi connectivity index (χ1n) is 8.09. The number of aryl methyl sites for hydroxylation is 1. The Kier molecular flexibility index (Phi) is 5.36. The number of amides is 1. The predicted octanol–water partition coefficient (Wildman–Crippen LogP) is 3.28. The fraction of sp³-hybridized carbons (Fsp3) is 0.529. The number of hydrogen-bond acceptors (Lipinski definition) is 6. The molecule has 24 heavy (non-hydrogen) atoms. The monoisotopic (exact) mass is 360 g/mol. The quantitative estimate of drug-likeness (QED) is 0.604. The van der Waals surface area contributed by atoms with Crippen LogP contribution in [0.4, 0.5) is 0 Å². The number of thiophene rings is 1. The lowest BCUT2D eigenvalue weighted by molar-refractivity contribution is -0.127. The Bertz CT molecular complexity index is 796. The molecule has 2 aromatic rings. The van der Waals surface area contributed by atoms with Crippen LogP contribution in [-0.4, -0.2) is 40.1 Å². The van der Waals surface area contributed by atoms with Gasteiger partial charge in [-0.15, -0.1) is 11.3 Å². The summed E-state index contributed by atoms with van der Waals surface area (Å²) in [6, 6.07) is 2.07. The van der Waals surface area contributed by atoms with Crippen molar-refractivity contribution in [1.29, 1.82) is 5.26 Å². The first-order valence-corrected chi connectivity index (χ1v) is 9.89. The van der Waals surface area contributed by atoms with Gasteiger partial charge >= 0.3 is 0 Å². The Balaban J connectivity index is 1.78. The minimum absolute atomic E-state index is 0.0275. The summed E-state index contributed by atoms with van der Waals surface area (Å²) < 4.78 is 0. The highest BCUT2D eigenvalue weighted by Gasteiger charge is 2.23. The van der Waals surface area contributed by atoms with E-state index in [4.69, 9.17) is 5.26 Å². The number of aromatic nitrogens is 2. The third kappa shape index (κ3) is 3.55. The van der Waals surface area contributed by atoms with Crippen LogP contribution >= 0.6 is 23.1 Å². The number of nitriles is 1. The molecular formula is C17H20N4OS2. The van der Waals surface area contributed by atoms with Crippen molar-refractivity contribution < 1.29 is 4.79 Å². The number of carbonyl (C=O) groups is 1. The normalized spacial score (nSPS) is 16.6. The van der Waals surface area contributed by atoms with E-state index < -0.39 is 0 Å². The highest BCUT2D eigenvalue weighted by atomic mass is 32.2. The lowest BCUT2D eigenvalue weighted by Gasteiger charge is -2.18. The van der Waals surface area contributed by atoms with Gasteiger partial charge in [0, 0.05) is 23.9 Å². The molecule has 1 aliphatic carbocycles. The molecule has 3 rings (SSSR count). The zero-order valence-corrected chi connectivity index (χ0v) is 15.5. The van der Waals surface area contributed by atoms with Crippen molar-refractivity contribution in [3.05, 3.63) is 16.8 Å². The number of nitrogens with zero attached hydrogens (tertiary/aromatic N) is 4. The molecule has 1 atom stereocenters. The van der Waals surface area contributed by atoms with Gasteiger partial charge in [0.05, 0.1) is 18.2 Å². The molecule has 1 amide bonds. The van der Waals surface area contributed by atoms with E-state index >= 15 is 0 Å². The Morgan fingerprint density at radius 3 is 3.17 bits per heavy atom. The Morgan fingerprint density at radius 1 is 1.54 bits per heavy atom. The van der Waals surface area contributed by atoms with Gasteiger partial charge in [-0.3, -0.25) is 4.79 Å². The Labute approximate surface area is 150 Å². The summed E-state index contributed by atoms with van der Waals surface area (Å²) in [6.07, 6.45) is 5.36. The third-order valence-electron chi connectivity index (χ3n) is 4.37. The van der Waals surface area contributed by atoms with Crippen LogP contribution in [0, 0.1) is 17.2 Å². The van der Waals surface area contributed by atoms with Gasteiger partial charge in [0.25, 0.3) is 0 Å². The highest BCUT2D eigenvalue weighted by molar-refractivity contribution is 8.00. The molecule has 126 valence electrons. The second-order valence-electron chi connectivity index (χ2n) is 6.22. The molecule has 0 N–H and O–H groups in total. The van der Waals surface area contributed by atoms with Crippen LogP contribution in [0.5, 0.6) is 0 Å². The van der Waals surface area contributed by atoms with E-state index in [9.17, 15) is 4.79 Å². The summed E-state index contributed by atoms with van der Waals surface area (Å²) in [6.45, 7) is 2.77. The number of rotatable bonds is 5. The summed E-state index contributed by atoms with van der Waals surface area (Å²) in [4.78, 5) is 25.1. The largest absolute Gasteiger partial charge is 0.344 e. The predicted molar refractivity (Wildman–Crippen MR) is 97.2 cm³/mol. The van der Waals surface area contributed by atoms with E-state index in [1.165, 1.54) is 28.6 Å². The molecule has 7 heteroatoms. The van der Waals surface area contributed by atoms with Crippen LogP contribution in [0.2, 0.25) is 0 Å². The summed E-state index contributed by atoms with van der Waals surface area (Å²) >= 11 is 3.25. The number of hydrogen-bond donors (Lipinski definition) is 0. The fourth-order valence-corrected chi connectivity index (χ4v) is 5.32. The summed E-state index contributed by atoms with van der Waals surface area (Å²) in [5, 5.41) is 10.7. The molecule has 0 spiro atoms. The molecule has 5 nitrogen and oxygen atoms in total. The molecule has 0 aliphatic heterocycles. The summed E-state index contributed by atoms with van der Waals surface area (Å²) in [7, 11) is 1.74. The lowest BCUT2D eigenvalue weighted by Crippen LogP contribution is -2.29. The van der Waals surface area contributed by atoms with E-state index in [1.54, 1.807) is 29.6 Å². The van der Waals surface area contributed by atoms with E-state index in [0.717, 1.165) is 34.0 Å². The van der Waals surface area contributed by atoms with Gasteiger partial charge in [0.2, 0.25) is 5.91 Å². The van der Waals surface area contributed by atoms with Crippen molar-refractivity contribution in [3.8, 4) is 6.07 Å². The Morgan fingerprint density at radius 2 is 2.38 bits per heavy atom. The molecule has 0 radical (unpaired) electrons. The van der Waals surface area contributed by atoms with Crippen LogP contribution < -0.4 is 0 Å². The van der Waals surface area contributed by atoms with Crippen molar-refractivity contribution >= 4 is 39.2 Å². The molecule has 0 saturated carbocycles. The number of fused-ring (bicyclic) bond motifs is 3. The topological polar surface area (TPSA) is 69.9 Å². The Hall–Kier alpha value is -1.65. The average Bonchev–Trinajstić information content (AvgIpc) is 2.95. The van der Waals surface area contributed by atoms with Crippen molar-refractivity contribution in [2.75, 3.05) is 19.3 Å². The maximum absolute atomic E-state index is 12.2. The van der Waals surface area contributed by atoms with Gasteiger partial charge in [0.1, 0.15) is 16.2 Å². The molecule has 0 aromatic carbocycles. The first kappa shape index (κ1) is 17.2. The smallest absolute Gasteiger partial charge is 0.232 e. The van der Waals surface area contributed by atoms with Crippen LogP contribution in [0.1, 0.15) is 30.2 Å². The van der Waals surface area contributed by atoms with Crippen molar-refractivity contribution in [2.24, 2.45) is 5.92 Å². The van der Waals surface area contributed by atoms with Crippen LogP contribution in [0.25, 0.3) is 10.2 Å². The molecule has 0 saturated heterocycles. The number of carbonyl (C=O) groups excluding carboxylic acids is 1. The second-order valence-corrected chi connectivity index (χ2v) is 8.27. The van der Waals surface area contributed by atoms with Gasteiger partial charge in [-0.2, -0.15) is 5.26 Å².